The highest BCUT2D eigenvalue weighted by molar-refractivity contribution is 7.90. The molecule has 0 spiro atoms. The van der Waals surface area contributed by atoms with E-state index in [1.165, 1.54) is 18.2 Å². The Morgan fingerprint density at radius 2 is 1.96 bits per heavy atom. The van der Waals surface area contributed by atoms with Crippen LogP contribution in [0.5, 0.6) is 0 Å². The summed E-state index contributed by atoms with van der Waals surface area (Å²) in [5.41, 5.74) is 0.894. The second-order valence-electron chi connectivity index (χ2n) is 5.57. The van der Waals surface area contributed by atoms with Crippen LogP contribution >= 0.6 is 0 Å². The first-order chi connectivity index (χ1) is 11.3. The van der Waals surface area contributed by atoms with Gasteiger partial charge in [0, 0.05) is 18.5 Å². The number of nitrogens with zero attached hydrogens (tertiary/aromatic N) is 1. The van der Waals surface area contributed by atoms with E-state index < -0.39 is 22.4 Å². The van der Waals surface area contributed by atoms with Crippen LogP contribution in [0.2, 0.25) is 0 Å². The summed E-state index contributed by atoms with van der Waals surface area (Å²) in [5, 5.41) is 0. The summed E-state index contributed by atoms with van der Waals surface area (Å²) < 4.78 is 28.5. The summed E-state index contributed by atoms with van der Waals surface area (Å²) in [7, 11) is -3.56. The molecule has 0 aliphatic heterocycles. The van der Waals surface area contributed by atoms with Gasteiger partial charge in [0.2, 0.25) is 0 Å². The Balaban J connectivity index is 2.07. The number of amides is 1. The third-order valence-corrected chi connectivity index (χ3v) is 4.97. The highest BCUT2D eigenvalue weighted by atomic mass is 32.2. The zero-order valence-corrected chi connectivity index (χ0v) is 14.6. The largest absolute Gasteiger partial charge is 0.452 e. The van der Waals surface area contributed by atoms with Crippen LogP contribution in [0, 0.1) is 0 Å². The van der Waals surface area contributed by atoms with Crippen molar-refractivity contribution < 1.29 is 22.7 Å². The zero-order valence-electron chi connectivity index (χ0n) is 13.8. The first-order valence-electron chi connectivity index (χ1n) is 7.80. The third kappa shape index (κ3) is 4.23. The molecule has 0 saturated carbocycles. The molecule has 0 atom stereocenters. The monoisotopic (exact) mass is 351 g/mol. The van der Waals surface area contributed by atoms with Gasteiger partial charge in [0.1, 0.15) is 0 Å². The molecule has 6 nitrogen and oxygen atoms in total. The molecule has 1 aliphatic rings. The summed E-state index contributed by atoms with van der Waals surface area (Å²) in [6.07, 6.45) is 5.84. The van der Waals surface area contributed by atoms with E-state index in [4.69, 9.17) is 4.74 Å². The predicted molar refractivity (Wildman–Crippen MR) is 89.2 cm³/mol. The molecule has 7 heteroatoms. The van der Waals surface area contributed by atoms with Crippen LogP contribution in [0.3, 0.4) is 0 Å². The second kappa shape index (κ2) is 7.61. The number of benzene rings is 1. The van der Waals surface area contributed by atoms with Gasteiger partial charge >= 0.3 is 5.97 Å². The fourth-order valence-corrected chi connectivity index (χ4v) is 3.56. The van der Waals surface area contributed by atoms with Gasteiger partial charge in [-0.3, -0.25) is 4.79 Å². The standard InChI is InChI=1S/C17H21NO5S/c1-3-18(13-8-4-5-9-13)16(19)12-23-17(20)14-10-6-7-11-15(14)24(2,21)22/h6-8,10-11H,3-5,9,12H2,1-2H3. The molecule has 1 aliphatic carbocycles. The Labute approximate surface area is 142 Å². The van der Waals surface area contributed by atoms with E-state index in [0.717, 1.165) is 31.2 Å². The highest BCUT2D eigenvalue weighted by Gasteiger charge is 2.23. The summed E-state index contributed by atoms with van der Waals surface area (Å²) in [5.74, 6) is -1.13. The van der Waals surface area contributed by atoms with Crippen molar-refractivity contribution in [1.29, 1.82) is 0 Å². The van der Waals surface area contributed by atoms with Gasteiger partial charge in [0.05, 0.1) is 10.5 Å². The number of allylic oxidation sites excluding steroid dienone is 2. The number of hydrogen-bond donors (Lipinski definition) is 0. The molecule has 24 heavy (non-hydrogen) atoms. The molecule has 130 valence electrons. The topological polar surface area (TPSA) is 80.8 Å². The normalized spacial score (nSPS) is 14.2. The van der Waals surface area contributed by atoms with Crippen LogP contribution in [-0.4, -0.2) is 44.6 Å². The lowest BCUT2D eigenvalue weighted by Crippen LogP contribution is -2.33. The van der Waals surface area contributed by atoms with Crippen molar-refractivity contribution in [3.63, 3.8) is 0 Å². The first-order valence-corrected chi connectivity index (χ1v) is 9.69. The molecule has 2 rings (SSSR count). The lowest BCUT2D eigenvalue weighted by Gasteiger charge is -2.22. The van der Waals surface area contributed by atoms with Crippen LogP contribution in [-0.2, 0) is 19.4 Å². The Bertz CT molecular complexity index is 767. The number of esters is 1. The van der Waals surface area contributed by atoms with Gasteiger partial charge in [-0.25, -0.2) is 13.2 Å². The van der Waals surface area contributed by atoms with Crippen molar-refractivity contribution in [1.82, 2.24) is 4.90 Å². The number of carbonyl (C=O) groups excluding carboxylic acids is 2. The number of ether oxygens (including phenoxy) is 1. The molecule has 0 unspecified atom stereocenters. The Kier molecular flexibility index (Phi) is 5.77. The van der Waals surface area contributed by atoms with E-state index >= 15 is 0 Å². The predicted octanol–water partition coefficient (Wildman–Crippen LogP) is 2.16. The number of carbonyl (C=O) groups is 2. The number of likely N-dealkylation sites (N-methyl/N-ethyl adjacent to an activating group) is 1. The van der Waals surface area contributed by atoms with Crippen LogP contribution in [0.15, 0.2) is 40.9 Å². The minimum atomic E-state index is -3.56. The maximum atomic E-state index is 12.3. The SMILES string of the molecule is CCN(C(=O)COC(=O)c1ccccc1S(C)(=O)=O)C1=CCCC1. The molecule has 0 heterocycles. The average Bonchev–Trinajstić information content (AvgIpc) is 3.06. The molecular weight excluding hydrogens is 330 g/mol. The maximum absolute atomic E-state index is 12.3. The van der Waals surface area contributed by atoms with Crippen LogP contribution in [0.25, 0.3) is 0 Å². The number of hydrogen-bond acceptors (Lipinski definition) is 5. The minimum Gasteiger partial charge on any atom is -0.452 e. The molecule has 0 N–H and O–H groups in total. The molecular formula is C17H21NO5S. The first kappa shape index (κ1) is 18.2. The summed E-state index contributed by atoms with van der Waals surface area (Å²) >= 11 is 0. The second-order valence-corrected chi connectivity index (χ2v) is 7.55. The minimum absolute atomic E-state index is 0.0593. The van der Waals surface area contributed by atoms with Gasteiger partial charge in [-0.05, 0) is 38.3 Å². The van der Waals surface area contributed by atoms with Gasteiger partial charge < -0.3 is 9.64 Å². The smallest absolute Gasteiger partial charge is 0.339 e. The van der Waals surface area contributed by atoms with Crippen molar-refractivity contribution in [3.8, 4) is 0 Å². The van der Waals surface area contributed by atoms with E-state index in [-0.39, 0.29) is 16.4 Å². The molecule has 1 aromatic carbocycles. The summed E-state index contributed by atoms with van der Waals surface area (Å²) in [6.45, 7) is 1.95. The van der Waals surface area contributed by atoms with Gasteiger partial charge in [-0.15, -0.1) is 0 Å². The molecule has 0 radical (unpaired) electrons. The van der Waals surface area contributed by atoms with Gasteiger partial charge in [-0.2, -0.15) is 0 Å². The Hall–Kier alpha value is -2.15. The maximum Gasteiger partial charge on any atom is 0.339 e. The molecule has 0 aromatic heterocycles. The zero-order chi connectivity index (χ0) is 17.7. The summed E-state index contributed by atoms with van der Waals surface area (Å²) in [6, 6.07) is 5.80. The third-order valence-electron chi connectivity index (χ3n) is 3.81. The highest BCUT2D eigenvalue weighted by Crippen LogP contribution is 2.21. The van der Waals surface area contributed by atoms with Crippen molar-refractivity contribution in [2.24, 2.45) is 0 Å². The van der Waals surface area contributed by atoms with Crippen LogP contribution in [0.1, 0.15) is 36.5 Å². The molecule has 0 fully saturated rings. The lowest BCUT2D eigenvalue weighted by molar-refractivity contribution is -0.132. The van der Waals surface area contributed by atoms with Crippen molar-refractivity contribution >= 4 is 21.7 Å². The van der Waals surface area contributed by atoms with E-state index in [2.05, 4.69) is 0 Å². The van der Waals surface area contributed by atoms with Gasteiger partial charge in [0.15, 0.2) is 16.4 Å². The van der Waals surface area contributed by atoms with Crippen molar-refractivity contribution in [2.45, 2.75) is 31.1 Å². The van der Waals surface area contributed by atoms with E-state index in [1.807, 2.05) is 13.0 Å². The van der Waals surface area contributed by atoms with Crippen molar-refractivity contribution in [3.05, 3.63) is 41.6 Å². The molecule has 1 amide bonds. The van der Waals surface area contributed by atoms with E-state index in [0.29, 0.717) is 6.54 Å². The van der Waals surface area contributed by atoms with Crippen molar-refractivity contribution in [2.75, 3.05) is 19.4 Å². The number of sulfone groups is 1. The van der Waals surface area contributed by atoms with Gasteiger partial charge in [-0.1, -0.05) is 18.2 Å². The molecule has 0 saturated heterocycles. The van der Waals surface area contributed by atoms with Gasteiger partial charge in [0.25, 0.3) is 5.91 Å². The Morgan fingerprint density at radius 3 is 2.54 bits per heavy atom. The Morgan fingerprint density at radius 1 is 1.25 bits per heavy atom. The quantitative estimate of drug-likeness (QED) is 0.734. The molecule has 0 bridgehead atoms. The fraction of sp³-hybridized carbons (Fsp3) is 0.412. The fourth-order valence-electron chi connectivity index (χ4n) is 2.68. The van der Waals surface area contributed by atoms with E-state index in [1.54, 1.807) is 11.0 Å². The molecule has 1 aromatic rings. The number of rotatable bonds is 6. The summed E-state index contributed by atoms with van der Waals surface area (Å²) in [4.78, 5) is 25.9. The lowest BCUT2D eigenvalue weighted by atomic mass is 10.2. The van der Waals surface area contributed by atoms with Crippen LogP contribution < -0.4 is 0 Å². The van der Waals surface area contributed by atoms with E-state index in [9.17, 15) is 18.0 Å². The van der Waals surface area contributed by atoms with Crippen LogP contribution in [0.4, 0.5) is 0 Å². The average molecular weight is 351 g/mol.